The standard InChI is InChI=1S/C13H20N4S2/c1-5-6-7-14-12-17-16-11(19-12)9-10(13(2,3)4)15-8-18-9/h8H,5-7H2,1-4H3,(H,14,17). The number of thiazole rings is 1. The van der Waals surface area contributed by atoms with Crippen molar-refractivity contribution in [2.45, 2.75) is 46.0 Å². The maximum atomic E-state index is 4.49. The van der Waals surface area contributed by atoms with E-state index in [-0.39, 0.29) is 5.41 Å². The summed E-state index contributed by atoms with van der Waals surface area (Å²) in [5, 5.41) is 13.7. The van der Waals surface area contributed by atoms with E-state index in [1.54, 1.807) is 22.7 Å². The maximum Gasteiger partial charge on any atom is 0.206 e. The molecule has 0 fully saturated rings. The van der Waals surface area contributed by atoms with Crippen molar-refractivity contribution in [1.82, 2.24) is 15.2 Å². The highest BCUT2D eigenvalue weighted by molar-refractivity contribution is 7.22. The molecule has 0 atom stereocenters. The summed E-state index contributed by atoms with van der Waals surface area (Å²) >= 11 is 3.25. The second-order valence-corrected chi connectivity index (χ2v) is 7.31. The Bertz CT molecular complexity index is 525. The molecule has 104 valence electrons. The van der Waals surface area contributed by atoms with Crippen LogP contribution in [0.25, 0.3) is 9.88 Å². The third-order valence-electron chi connectivity index (χ3n) is 2.70. The van der Waals surface area contributed by atoms with Gasteiger partial charge in [-0.25, -0.2) is 4.98 Å². The molecule has 0 aromatic carbocycles. The molecule has 0 amide bonds. The molecule has 2 rings (SSSR count). The van der Waals surface area contributed by atoms with Crippen LogP contribution in [0.15, 0.2) is 5.51 Å². The van der Waals surface area contributed by atoms with Gasteiger partial charge in [-0.05, 0) is 6.42 Å². The molecule has 6 heteroatoms. The zero-order valence-corrected chi connectivity index (χ0v) is 13.5. The van der Waals surface area contributed by atoms with Crippen LogP contribution in [0.1, 0.15) is 46.2 Å². The van der Waals surface area contributed by atoms with Crippen molar-refractivity contribution in [3.05, 3.63) is 11.2 Å². The molecule has 0 aliphatic carbocycles. The molecule has 0 saturated heterocycles. The van der Waals surface area contributed by atoms with Crippen molar-refractivity contribution in [2.24, 2.45) is 0 Å². The average Bonchev–Trinajstić information content (AvgIpc) is 2.96. The summed E-state index contributed by atoms with van der Waals surface area (Å²) in [5.74, 6) is 0. The van der Waals surface area contributed by atoms with E-state index >= 15 is 0 Å². The minimum absolute atomic E-state index is 0.0385. The average molecular weight is 296 g/mol. The lowest BCUT2D eigenvalue weighted by atomic mass is 9.91. The van der Waals surface area contributed by atoms with Gasteiger partial charge in [0.05, 0.1) is 16.1 Å². The zero-order valence-electron chi connectivity index (χ0n) is 11.9. The zero-order chi connectivity index (χ0) is 13.9. The van der Waals surface area contributed by atoms with Gasteiger partial charge >= 0.3 is 0 Å². The molecule has 19 heavy (non-hydrogen) atoms. The lowest BCUT2D eigenvalue weighted by Crippen LogP contribution is -2.12. The van der Waals surface area contributed by atoms with Crippen molar-refractivity contribution in [3.8, 4) is 9.88 Å². The molecule has 1 N–H and O–H groups in total. The molecule has 2 heterocycles. The first kappa shape index (κ1) is 14.4. The molecule has 0 radical (unpaired) electrons. The van der Waals surface area contributed by atoms with Crippen LogP contribution in [-0.4, -0.2) is 21.7 Å². The van der Waals surface area contributed by atoms with Gasteiger partial charge in [0.15, 0.2) is 5.01 Å². The van der Waals surface area contributed by atoms with Crippen molar-refractivity contribution < 1.29 is 0 Å². The van der Waals surface area contributed by atoms with Crippen molar-refractivity contribution >= 4 is 27.8 Å². The van der Waals surface area contributed by atoms with Crippen LogP contribution in [0.2, 0.25) is 0 Å². The topological polar surface area (TPSA) is 50.7 Å². The molecule has 2 aromatic rings. The van der Waals surface area contributed by atoms with E-state index in [1.807, 2.05) is 5.51 Å². The highest BCUT2D eigenvalue weighted by Gasteiger charge is 2.23. The van der Waals surface area contributed by atoms with E-state index in [1.165, 1.54) is 6.42 Å². The number of rotatable bonds is 5. The molecule has 0 aliphatic rings. The first-order valence-electron chi connectivity index (χ1n) is 6.54. The van der Waals surface area contributed by atoms with Gasteiger partial charge in [-0.15, -0.1) is 21.5 Å². The van der Waals surface area contributed by atoms with Crippen LogP contribution < -0.4 is 5.32 Å². The summed E-state index contributed by atoms with van der Waals surface area (Å²) < 4.78 is 0. The van der Waals surface area contributed by atoms with E-state index in [2.05, 4.69) is 48.2 Å². The van der Waals surface area contributed by atoms with Crippen LogP contribution in [-0.2, 0) is 5.41 Å². The Kier molecular flexibility index (Phi) is 4.52. The molecule has 0 spiro atoms. The summed E-state index contributed by atoms with van der Waals surface area (Å²) in [5.41, 5.74) is 3.03. The quantitative estimate of drug-likeness (QED) is 0.841. The number of aromatic nitrogens is 3. The van der Waals surface area contributed by atoms with Crippen molar-refractivity contribution in [3.63, 3.8) is 0 Å². The second-order valence-electron chi connectivity index (χ2n) is 5.47. The summed E-state index contributed by atoms with van der Waals surface area (Å²) in [6.07, 6.45) is 2.34. The van der Waals surface area contributed by atoms with Gasteiger partial charge < -0.3 is 5.32 Å². The van der Waals surface area contributed by atoms with Crippen LogP contribution in [0, 0.1) is 0 Å². The largest absolute Gasteiger partial charge is 0.360 e. The molecule has 4 nitrogen and oxygen atoms in total. The number of nitrogens with one attached hydrogen (secondary N) is 1. The van der Waals surface area contributed by atoms with E-state index in [0.717, 1.165) is 33.7 Å². The maximum absolute atomic E-state index is 4.49. The van der Waals surface area contributed by atoms with Crippen LogP contribution in [0.5, 0.6) is 0 Å². The SMILES string of the molecule is CCCCNc1nnc(-c2scnc2C(C)(C)C)s1. The Hall–Kier alpha value is -1.01. The van der Waals surface area contributed by atoms with Gasteiger partial charge in [-0.2, -0.15) is 0 Å². The van der Waals surface area contributed by atoms with E-state index in [0.29, 0.717) is 0 Å². The predicted octanol–water partition coefficient (Wildman–Crippen LogP) is 4.17. The Balaban J connectivity index is 2.17. The third-order valence-corrected chi connectivity index (χ3v) is 4.56. The smallest absolute Gasteiger partial charge is 0.206 e. The lowest BCUT2D eigenvalue weighted by Gasteiger charge is -2.16. The predicted molar refractivity (Wildman–Crippen MR) is 83.1 cm³/mol. The summed E-state index contributed by atoms with van der Waals surface area (Å²) in [4.78, 5) is 5.63. The van der Waals surface area contributed by atoms with Gasteiger partial charge in [0.25, 0.3) is 0 Å². The van der Waals surface area contributed by atoms with E-state index < -0.39 is 0 Å². The molecular weight excluding hydrogens is 276 g/mol. The van der Waals surface area contributed by atoms with Crippen molar-refractivity contribution in [1.29, 1.82) is 0 Å². The molecule has 0 unspecified atom stereocenters. The Labute approximate surface area is 122 Å². The first-order chi connectivity index (χ1) is 9.02. The molecule has 0 bridgehead atoms. The van der Waals surface area contributed by atoms with Gasteiger partial charge in [-0.1, -0.05) is 45.5 Å². The summed E-state index contributed by atoms with van der Waals surface area (Å²) in [6.45, 7) is 9.66. The second kappa shape index (κ2) is 5.96. The fourth-order valence-electron chi connectivity index (χ4n) is 1.69. The fourth-order valence-corrected chi connectivity index (χ4v) is 3.55. The van der Waals surface area contributed by atoms with Gasteiger partial charge in [0.1, 0.15) is 0 Å². The van der Waals surface area contributed by atoms with E-state index in [9.17, 15) is 0 Å². The first-order valence-corrected chi connectivity index (χ1v) is 8.23. The molecule has 0 saturated carbocycles. The fraction of sp³-hybridized carbons (Fsp3) is 0.615. The number of unbranched alkanes of at least 4 members (excludes halogenated alkanes) is 1. The van der Waals surface area contributed by atoms with Crippen LogP contribution >= 0.6 is 22.7 Å². The minimum Gasteiger partial charge on any atom is -0.360 e. The molecular formula is C13H20N4S2. The lowest BCUT2D eigenvalue weighted by molar-refractivity contribution is 0.574. The highest BCUT2D eigenvalue weighted by atomic mass is 32.1. The van der Waals surface area contributed by atoms with Crippen LogP contribution in [0.3, 0.4) is 0 Å². The summed E-state index contributed by atoms with van der Waals surface area (Å²) in [7, 11) is 0. The Morgan fingerprint density at radius 1 is 1.26 bits per heavy atom. The minimum atomic E-state index is 0.0385. The van der Waals surface area contributed by atoms with Crippen molar-refractivity contribution in [2.75, 3.05) is 11.9 Å². The Morgan fingerprint density at radius 2 is 2.05 bits per heavy atom. The number of anilines is 1. The number of nitrogens with zero attached hydrogens (tertiary/aromatic N) is 3. The normalized spacial score (nSPS) is 11.8. The van der Waals surface area contributed by atoms with E-state index in [4.69, 9.17) is 0 Å². The van der Waals surface area contributed by atoms with Gasteiger partial charge in [0, 0.05) is 12.0 Å². The van der Waals surface area contributed by atoms with Gasteiger partial charge in [-0.3, -0.25) is 0 Å². The highest BCUT2D eigenvalue weighted by Crippen LogP contribution is 2.37. The number of hydrogen-bond acceptors (Lipinski definition) is 6. The third kappa shape index (κ3) is 3.51. The van der Waals surface area contributed by atoms with Crippen LogP contribution in [0.4, 0.5) is 5.13 Å². The molecule has 0 aliphatic heterocycles. The monoisotopic (exact) mass is 296 g/mol. The Morgan fingerprint density at radius 3 is 2.74 bits per heavy atom. The number of hydrogen-bond donors (Lipinski definition) is 1. The summed E-state index contributed by atoms with van der Waals surface area (Å²) in [6, 6.07) is 0. The van der Waals surface area contributed by atoms with Gasteiger partial charge in [0.2, 0.25) is 5.13 Å². The molecule has 2 aromatic heterocycles.